The van der Waals surface area contributed by atoms with Crippen molar-refractivity contribution in [2.45, 2.75) is 20.0 Å². The van der Waals surface area contributed by atoms with Gasteiger partial charge in [-0.15, -0.1) is 0 Å². The summed E-state index contributed by atoms with van der Waals surface area (Å²) in [6, 6.07) is 4.38. The lowest BCUT2D eigenvalue weighted by Crippen LogP contribution is -2.19. The molecule has 0 saturated carbocycles. The molecule has 0 atom stereocenters. The lowest BCUT2D eigenvalue weighted by atomic mass is 10.2. The van der Waals surface area contributed by atoms with Gasteiger partial charge in [0.05, 0.1) is 15.9 Å². The van der Waals surface area contributed by atoms with Gasteiger partial charge in [-0.2, -0.15) is 10.2 Å². The van der Waals surface area contributed by atoms with Gasteiger partial charge in [0, 0.05) is 16.8 Å². The number of benzene rings is 1. The lowest BCUT2D eigenvalue weighted by Gasteiger charge is -2.06. The van der Waals surface area contributed by atoms with Crippen molar-refractivity contribution in [1.82, 2.24) is 19.6 Å². The molecule has 0 aliphatic rings. The number of amides is 1. The molecule has 0 fully saturated rings. The quantitative estimate of drug-likeness (QED) is 0.437. The van der Waals surface area contributed by atoms with Gasteiger partial charge < -0.3 is 5.32 Å². The fourth-order valence-electron chi connectivity index (χ4n) is 2.49. The molecule has 1 aromatic carbocycles. The minimum absolute atomic E-state index is 0.0739. The van der Waals surface area contributed by atoms with Gasteiger partial charge in [0.25, 0.3) is 0 Å². The SMILES string of the molecule is Cc1nn(CC(=O)Nc2nn(Cc3c(F)cccc3Cl)cc2Br)cc1[N+](=O)[O-]. The predicted octanol–water partition coefficient (Wildman–Crippen LogP) is 3.54. The van der Waals surface area contributed by atoms with Crippen molar-refractivity contribution in [3.8, 4) is 0 Å². The second-order valence-electron chi connectivity index (χ2n) is 5.83. The fourth-order valence-corrected chi connectivity index (χ4v) is 3.13. The van der Waals surface area contributed by atoms with Crippen molar-refractivity contribution in [3.63, 3.8) is 0 Å². The van der Waals surface area contributed by atoms with Gasteiger partial charge in [0.1, 0.15) is 24.3 Å². The lowest BCUT2D eigenvalue weighted by molar-refractivity contribution is -0.385. The monoisotopic (exact) mass is 470 g/mol. The van der Waals surface area contributed by atoms with Gasteiger partial charge in [0.2, 0.25) is 5.91 Å². The Bertz CT molecular complexity index is 1050. The maximum atomic E-state index is 13.9. The number of nitrogens with one attached hydrogen (secondary N) is 1. The van der Waals surface area contributed by atoms with Crippen LogP contribution in [0.1, 0.15) is 11.3 Å². The molecule has 2 heterocycles. The molecule has 9 nitrogen and oxygen atoms in total. The van der Waals surface area contributed by atoms with Gasteiger partial charge in [-0.25, -0.2) is 4.39 Å². The Kier molecular flexibility index (Phi) is 5.75. The molecule has 0 aliphatic carbocycles. The molecule has 0 bridgehead atoms. The summed E-state index contributed by atoms with van der Waals surface area (Å²) in [4.78, 5) is 22.5. The Morgan fingerprint density at radius 1 is 1.36 bits per heavy atom. The summed E-state index contributed by atoms with van der Waals surface area (Å²) in [5, 5.41) is 21.8. The van der Waals surface area contributed by atoms with Crippen LogP contribution >= 0.6 is 27.5 Å². The second-order valence-corrected chi connectivity index (χ2v) is 7.09. The number of hydrogen-bond donors (Lipinski definition) is 1. The van der Waals surface area contributed by atoms with Crippen LogP contribution < -0.4 is 5.32 Å². The third-order valence-electron chi connectivity index (χ3n) is 3.78. The van der Waals surface area contributed by atoms with E-state index >= 15 is 0 Å². The summed E-state index contributed by atoms with van der Waals surface area (Å²) in [6.07, 6.45) is 2.75. The Hall–Kier alpha value is -2.79. The van der Waals surface area contributed by atoms with E-state index < -0.39 is 16.6 Å². The molecule has 0 unspecified atom stereocenters. The normalized spacial score (nSPS) is 10.9. The van der Waals surface area contributed by atoms with E-state index in [2.05, 4.69) is 31.4 Å². The highest BCUT2D eigenvalue weighted by atomic mass is 79.9. The summed E-state index contributed by atoms with van der Waals surface area (Å²) < 4.78 is 17.0. The molecule has 1 amide bonds. The van der Waals surface area contributed by atoms with Crippen molar-refractivity contribution in [1.29, 1.82) is 0 Å². The number of rotatable bonds is 6. The Morgan fingerprint density at radius 2 is 2.11 bits per heavy atom. The van der Waals surface area contributed by atoms with Crippen LogP contribution in [0.5, 0.6) is 0 Å². The number of halogens is 3. The van der Waals surface area contributed by atoms with Crippen LogP contribution in [0.15, 0.2) is 35.1 Å². The molecule has 0 spiro atoms. The first-order chi connectivity index (χ1) is 13.2. The zero-order chi connectivity index (χ0) is 20.4. The van der Waals surface area contributed by atoms with Gasteiger partial charge in [-0.1, -0.05) is 17.7 Å². The van der Waals surface area contributed by atoms with Gasteiger partial charge in [0.15, 0.2) is 5.82 Å². The first-order valence-corrected chi connectivity index (χ1v) is 9.06. The Balaban J connectivity index is 1.70. The number of nitrogens with zero attached hydrogens (tertiary/aromatic N) is 5. The third kappa shape index (κ3) is 4.37. The summed E-state index contributed by atoms with van der Waals surface area (Å²) in [5.41, 5.74) is 0.321. The zero-order valence-electron chi connectivity index (χ0n) is 14.4. The van der Waals surface area contributed by atoms with Crippen molar-refractivity contribution in [2.24, 2.45) is 0 Å². The van der Waals surface area contributed by atoms with E-state index in [4.69, 9.17) is 11.6 Å². The van der Waals surface area contributed by atoms with E-state index in [0.717, 1.165) is 0 Å². The standard InChI is InChI=1S/C16H13BrClFN6O3/c1-9-14(25(27)28)7-24(21-9)8-15(26)20-16-11(17)6-23(22-16)5-10-12(18)3-2-4-13(10)19/h2-4,6-7H,5,8H2,1H3,(H,20,22,26). The summed E-state index contributed by atoms with van der Waals surface area (Å²) in [6.45, 7) is 1.33. The molecule has 0 aliphatic heterocycles. The second kappa shape index (κ2) is 8.07. The number of carbonyl (C=O) groups is 1. The molecule has 3 aromatic rings. The van der Waals surface area contributed by atoms with Gasteiger partial charge >= 0.3 is 5.69 Å². The van der Waals surface area contributed by atoms with E-state index in [-0.39, 0.29) is 40.9 Å². The average Bonchev–Trinajstić information content (AvgIpc) is 3.13. The average molecular weight is 472 g/mol. The van der Waals surface area contributed by atoms with E-state index in [1.54, 1.807) is 12.3 Å². The Morgan fingerprint density at radius 3 is 2.75 bits per heavy atom. The van der Waals surface area contributed by atoms with Crippen molar-refractivity contribution in [3.05, 3.63) is 67.3 Å². The summed E-state index contributed by atoms with van der Waals surface area (Å²) in [7, 11) is 0. The van der Waals surface area contributed by atoms with Gasteiger partial charge in [-0.3, -0.25) is 24.3 Å². The van der Waals surface area contributed by atoms with Crippen LogP contribution in [0, 0.1) is 22.9 Å². The number of nitro groups is 1. The van der Waals surface area contributed by atoms with Crippen molar-refractivity contribution >= 4 is 44.9 Å². The molecule has 3 rings (SSSR count). The molecule has 0 radical (unpaired) electrons. The fraction of sp³-hybridized carbons (Fsp3) is 0.188. The van der Waals surface area contributed by atoms with Crippen LogP contribution in [-0.4, -0.2) is 30.4 Å². The smallest absolute Gasteiger partial charge is 0.307 e. The van der Waals surface area contributed by atoms with E-state index in [1.165, 1.54) is 34.6 Å². The largest absolute Gasteiger partial charge is 0.309 e. The predicted molar refractivity (Wildman–Crippen MR) is 103 cm³/mol. The van der Waals surface area contributed by atoms with Crippen LogP contribution in [-0.2, 0) is 17.9 Å². The molecular formula is C16H13BrClFN6O3. The molecule has 2 aromatic heterocycles. The molecule has 0 saturated heterocycles. The minimum Gasteiger partial charge on any atom is -0.307 e. The van der Waals surface area contributed by atoms with Crippen LogP contribution in [0.2, 0.25) is 5.02 Å². The molecule has 12 heteroatoms. The van der Waals surface area contributed by atoms with Crippen molar-refractivity contribution in [2.75, 3.05) is 5.32 Å². The number of anilines is 1. The first kappa shape index (κ1) is 20.0. The number of aromatic nitrogens is 4. The van der Waals surface area contributed by atoms with Crippen LogP contribution in [0.4, 0.5) is 15.9 Å². The van der Waals surface area contributed by atoms with E-state index in [9.17, 15) is 19.3 Å². The summed E-state index contributed by atoms with van der Waals surface area (Å²) in [5.74, 6) is -0.719. The van der Waals surface area contributed by atoms with Crippen LogP contribution in [0.25, 0.3) is 0 Å². The minimum atomic E-state index is -0.567. The molecular weight excluding hydrogens is 459 g/mol. The highest BCUT2D eigenvalue weighted by molar-refractivity contribution is 9.10. The number of hydrogen-bond acceptors (Lipinski definition) is 5. The summed E-state index contributed by atoms with van der Waals surface area (Å²) >= 11 is 9.30. The van der Waals surface area contributed by atoms with E-state index in [0.29, 0.717) is 4.47 Å². The zero-order valence-corrected chi connectivity index (χ0v) is 16.7. The maximum absolute atomic E-state index is 13.9. The topological polar surface area (TPSA) is 108 Å². The Labute approximate surface area is 171 Å². The number of aryl methyl sites for hydroxylation is 1. The van der Waals surface area contributed by atoms with Gasteiger partial charge in [-0.05, 0) is 35.0 Å². The first-order valence-electron chi connectivity index (χ1n) is 7.88. The van der Waals surface area contributed by atoms with Crippen LogP contribution in [0.3, 0.4) is 0 Å². The third-order valence-corrected chi connectivity index (χ3v) is 4.71. The van der Waals surface area contributed by atoms with Crippen molar-refractivity contribution < 1.29 is 14.1 Å². The number of carbonyl (C=O) groups excluding carboxylic acids is 1. The molecule has 146 valence electrons. The highest BCUT2D eigenvalue weighted by Gasteiger charge is 2.18. The molecule has 1 N–H and O–H groups in total. The van der Waals surface area contributed by atoms with E-state index in [1.807, 2.05) is 0 Å². The molecule has 28 heavy (non-hydrogen) atoms. The maximum Gasteiger partial charge on any atom is 0.309 e. The highest BCUT2D eigenvalue weighted by Crippen LogP contribution is 2.24.